The molecule has 0 fully saturated rings. The predicted molar refractivity (Wildman–Crippen MR) is 79.3 cm³/mol. The van der Waals surface area contributed by atoms with Gasteiger partial charge in [0.15, 0.2) is 0 Å². The Balaban J connectivity index is 2.59. The Morgan fingerprint density at radius 2 is 1.76 bits per heavy atom. The van der Waals surface area contributed by atoms with Gasteiger partial charge in [0.1, 0.15) is 5.41 Å². The Bertz CT molecular complexity index is 632. The van der Waals surface area contributed by atoms with Gasteiger partial charge in [0.25, 0.3) is 0 Å². The third-order valence-electron chi connectivity index (χ3n) is 4.56. The minimum atomic E-state index is -1.27. The molecule has 0 amide bonds. The van der Waals surface area contributed by atoms with Gasteiger partial charge in [0.05, 0.1) is 5.41 Å². The lowest BCUT2D eigenvalue weighted by Gasteiger charge is -2.38. The normalized spacial score (nSPS) is 28.3. The molecular weight excluding hydrogens is 268 g/mol. The van der Waals surface area contributed by atoms with Crippen LogP contribution in [0.4, 0.5) is 0 Å². The number of aryl methyl sites for hydroxylation is 2. The predicted octanol–water partition coefficient (Wildman–Crippen LogP) is 3.07. The molecule has 0 aromatic heterocycles. The van der Waals surface area contributed by atoms with Crippen molar-refractivity contribution in [3.05, 3.63) is 47.0 Å². The first kappa shape index (κ1) is 15.3. The zero-order valence-electron chi connectivity index (χ0n) is 12.5. The van der Waals surface area contributed by atoms with E-state index in [1.54, 1.807) is 25.1 Å². The van der Waals surface area contributed by atoms with E-state index in [9.17, 15) is 19.8 Å². The van der Waals surface area contributed by atoms with Gasteiger partial charge in [-0.15, -0.1) is 0 Å². The second-order valence-electron chi connectivity index (χ2n) is 6.22. The minimum Gasteiger partial charge on any atom is -0.481 e. The van der Waals surface area contributed by atoms with Crippen molar-refractivity contribution >= 4 is 11.9 Å². The molecule has 21 heavy (non-hydrogen) atoms. The third kappa shape index (κ3) is 2.46. The monoisotopic (exact) mass is 288 g/mol. The summed E-state index contributed by atoms with van der Waals surface area (Å²) in [5, 5.41) is 19.2. The summed E-state index contributed by atoms with van der Waals surface area (Å²) in [6, 6.07) is 5.52. The van der Waals surface area contributed by atoms with Gasteiger partial charge in [-0.3, -0.25) is 9.59 Å². The first-order valence-corrected chi connectivity index (χ1v) is 6.93. The summed E-state index contributed by atoms with van der Waals surface area (Å²) in [5.41, 5.74) is 0.390. The molecule has 1 aromatic carbocycles. The zero-order valence-corrected chi connectivity index (χ0v) is 12.5. The van der Waals surface area contributed by atoms with Crippen LogP contribution in [0.25, 0.3) is 0 Å². The van der Waals surface area contributed by atoms with Gasteiger partial charge in [-0.1, -0.05) is 30.4 Å². The highest BCUT2D eigenvalue weighted by molar-refractivity contribution is 5.87. The van der Waals surface area contributed by atoms with Crippen LogP contribution in [0.15, 0.2) is 30.4 Å². The number of carboxylic acid groups (broad SMARTS) is 2. The molecule has 1 aromatic rings. The highest BCUT2D eigenvalue weighted by atomic mass is 16.4. The summed E-state index contributed by atoms with van der Waals surface area (Å²) in [6.45, 7) is 5.50. The smallest absolute Gasteiger partial charge is 0.318 e. The van der Waals surface area contributed by atoms with Gasteiger partial charge in [-0.2, -0.15) is 0 Å². The van der Waals surface area contributed by atoms with Crippen LogP contribution in [0.5, 0.6) is 0 Å². The van der Waals surface area contributed by atoms with Crippen molar-refractivity contribution in [3.63, 3.8) is 0 Å². The second-order valence-corrected chi connectivity index (χ2v) is 6.22. The van der Waals surface area contributed by atoms with E-state index in [4.69, 9.17) is 0 Å². The number of carbonyl (C=O) groups is 2. The molecule has 4 heteroatoms. The molecule has 0 spiro atoms. The summed E-state index contributed by atoms with van der Waals surface area (Å²) < 4.78 is 0. The maximum absolute atomic E-state index is 11.9. The molecule has 0 bridgehead atoms. The topological polar surface area (TPSA) is 74.6 Å². The summed E-state index contributed by atoms with van der Waals surface area (Å²) in [6.07, 6.45) is 3.73. The SMILES string of the molecule is Cc1ccc(C2(C(=O)O)C=CCC(C)(C(=O)O)C2)cc1C. The van der Waals surface area contributed by atoms with Crippen molar-refractivity contribution in [2.75, 3.05) is 0 Å². The fourth-order valence-corrected chi connectivity index (χ4v) is 2.92. The van der Waals surface area contributed by atoms with E-state index in [0.717, 1.165) is 11.1 Å². The lowest BCUT2D eigenvalue weighted by atomic mass is 9.63. The summed E-state index contributed by atoms with van der Waals surface area (Å²) in [4.78, 5) is 23.5. The van der Waals surface area contributed by atoms with Crippen LogP contribution in [-0.4, -0.2) is 22.2 Å². The van der Waals surface area contributed by atoms with E-state index in [1.807, 2.05) is 26.0 Å². The Morgan fingerprint density at radius 3 is 2.29 bits per heavy atom. The molecule has 0 saturated heterocycles. The Hall–Kier alpha value is -2.10. The van der Waals surface area contributed by atoms with Crippen molar-refractivity contribution in [3.8, 4) is 0 Å². The molecule has 1 aliphatic rings. The van der Waals surface area contributed by atoms with Gasteiger partial charge in [-0.25, -0.2) is 0 Å². The lowest BCUT2D eigenvalue weighted by molar-refractivity contribution is -0.152. The maximum Gasteiger partial charge on any atom is 0.318 e. The van der Waals surface area contributed by atoms with E-state index >= 15 is 0 Å². The number of benzene rings is 1. The number of hydrogen-bond donors (Lipinski definition) is 2. The molecule has 0 aliphatic heterocycles. The van der Waals surface area contributed by atoms with Crippen LogP contribution in [0.3, 0.4) is 0 Å². The number of rotatable bonds is 3. The molecular formula is C17H20O4. The van der Waals surface area contributed by atoms with Crippen molar-refractivity contribution in [1.82, 2.24) is 0 Å². The lowest BCUT2D eigenvalue weighted by Crippen LogP contribution is -2.44. The highest BCUT2D eigenvalue weighted by Gasteiger charge is 2.49. The molecule has 0 heterocycles. The Kier molecular flexibility index (Phi) is 3.66. The summed E-state index contributed by atoms with van der Waals surface area (Å²) in [7, 11) is 0. The van der Waals surface area contributed by atoms with Crippen LogP contribution in [0.1, 0.15) is 36.5 Å². The van der Waals surface area contributed by atoms with Gasteiger partial charge in [-0.05, 0) is 50.3 Å². The quantitative estimate of drug-likeness (QED) is 0.838. The largest absolute Gasteiger partial charge is 0.481 e. The third-order valence-corrected chi connectivity index (χ3v) is 4.56. The van der Waals surface area contributed by atoms with E-state index in [2.05, 4.69) is 0 Å². The van der Waals surface area contributed by atoms with Crippen molar-refractivity contribution < 1.29 is 19.8 Å². The zero-order chi connectivity index (χ0) is 15.8. The van der Waals surface area contributed by atoms with Crippen molar-refractivity contribution in [2.24, 2.45) is 5.41 Å². The molecule has 4 nitrogen and oxygen atoms in total. The van der Waals surface area contributed by atoms with Gasteiger partial charge >= 0.3 is 11.9 Å². The second kappa shape index (κ2) is 5.02. The average Bonchev–Trinajstić information content (AvgIpc) is 2.41. The van der Waals surface area contributed by atoms with Gasteiger partial charge < -0.3 is 10.2 Å². The standard InChI is InChI=1S/C17H20O4/c1-11-5-6-13(9-12(11)2)17(15(20)21)8-4-7-16(3,10-17)14(18)19/h4-6,8-9H,7,10H2,1-3H3,(H,18,19)(H,20,21). The molecule has 2 atom stereocenters. The highest BCUT2D eigenvalue weighted by Crippen LogP contribution is 2.45. The molecule has 2 unspecified atom stereocenters. The van der Waals surface area contributed by atoms with Crippen LogP contribution in [0, 0.1) is 19.3 Å². The van der Waals surface area contributed by atoms with Crippen molar-refractivity contribution in [2.45, 2.75) is 39.0 Å². The van der Waals surface area contributed by atoms with Crippen LogP contribution >= 0.6 is 0 Å². The Labute approximate surface area is 124 Å². The number of allylic oxidation sites excluding steroid dienone is 1. The van der Waals surface area contributed by atoms with E-state index in [1.165, 1.54) is 0 Å². The molecule has 0 radical (unpaired) electrons. The molecule has 0 saturated carbocycles. The minimum absolute atomic E-state index is 0.0592. The van der Waals surface area contributed by atoms with Crippen molar-refractivity contribution in [1.29, 1.82) is 0 Å². The number of aliphatic carboxylic acids is 2. The maximum atomic E-state index is 11.9. The van der Waals surface area contributed by atoms with E-state index in [0.29, 0.717) is 12.0 Å². The fraction of sp³-hybridized carbons (Fsp3) is 0.412. The molecule has 2 N–H and O–H groups in total. The summed E-state index contributed by atoms with van der Waals surface area (Å²) in [5.74, 6) is -1.96. The van der Waals surface area contributed by atoms with Crippen LogP contribution in [-0.2, 0) is 15.0 Å². The van der Waals surface area contributed by atoms with Gasteiger partial charge in [0.2, 0.25) is 0 Å². The van der Waals surface area contributed by atoms with E-state index < -0.39 is 22.8 Å². The number of hydrogen-bond acceptors (Lipinski definition) is 2. The first-order valence-electron chi connectivity index (χ1n) is 6.93. The molecule has 112 valence electrons. The van der Waals surface area contributed by atoms with E-state index in [-0.39, 0.29) is 6.42 Å². The average molecular weight is 288 g/mol. The molecule has 2 rings (SSSR count). The van der Waals surface area contributed by atoms with Gasteiger partial charge in [0, 0.05) is 0 Å². The van der Waals surface area contributed by atoms with Crippen LogP contribution < -0.4 is 0 Å². The Morgan fingerprint density at radius 1 is 1.10 bits per heavy atom. The number of carboxylic acids is 2. The van der Waals surface area contributed by atoms with Crippen LogP contribution in [0.2, 0.25) is 0 Å². The molecule has 1 aliphatic carbocycles. The first-order chi connectivity index (χ1) is 9.71. The fourth-order valence-electron chi connectivity index (χ4n) is 2.92. The summed E-state index contributed by atoms with van der Waals surface area (Å²) >= 11 is 0.